The van der Waals surface area contributed by atoms with E-state index in [9.17, 15) is 4.79 Å². The first-order valence-corrected chi connectivity index (χ1v) is 8.89. The zero-order chi connectivity index (χ0) is 18.5. The van der Waals surface area contributed by atoms with E-state index in [1.165, 1.54) is 4.91 Å². The summed E-state index contributed by atoms with van der Waals surface area (Å²) >= 11 is 1.61. The third kappa shape index (κ3) is 4.65. The van der Waals surface area contributed by atoms with Crippen LogP contribution in [0.1, 0.15) is 11.1 Å². The lowest BCUT2D eigenvalue weighted by Crippen LogP contribution is -2.32. The van der Waals surface area contributed by atoms with Gasteiger partial charge in [-0.05, 0) is 47.9 Å². The van der Waals surface area contributed by atoms with Crippen molar-refractivity contribution in [3.63, 3.8) is 0 Å². The van der Waals surface area contributed by atoms with Gasteiger partial charge < -0.3 is 21.3 Å². The van der Waals surface area contributed by atoms with Crippen molar-refractivity contribution in [2.24, 2.45) is 10.7 Å². The number of benzene rings is 2. The quantitative estimate of drug-likeness (QED) is 0.675. The molecule has 0 amide bonds. The Morgan fingerprint density at radius 2 is 2.08 bits per heavy atom. The van der Waals surface area contributed by atoms with Gasteiger partial charge in [0.25, 0.3) is 0 Å². The Labute approximate surface area is 155 Å². The normalized spacial score (nSPS) is 16.0. The van der Waals surface area contributed by atoms with Crippen LogP contribution in [0.2, 0.25) is 0 Å². The lowest BCUT2D eigenvalue weighted by Gasteiger charge is -2.11. The largest absolute Gasteiger partial charge is 0.480 e. The van der Waals surface area contributed by atoms with Crippen LogP contribution < -0.4 is 16.2 Å². The zero-order valence-corrected chi connectivity index (χ0v) is 14.8. The second kappa shape index (κ2) is 8.07. The molecule has 0 bridgehead atoms. The highest BCUT2D eigenvalue weighted by Gasteiger charge is 2.12. The van der Waals surface area contributed by atoms with E-state index in [0.717, 1.165) is 11.1 Å². The number of nitrogens with two attached hydrogens (primary N) is 2. The molecule has 2 aromatic carbocycles. The Balaban J connectivity index is 1.67. The summed E-state index contributed by atoms with van der Waals surface area (Å²) in [5.41, 5.74) is 15.8. The highest BCUT2D eigenvalue weighted by Crippen LogP contribution is 2.30. The van der Waals surface area contributed by atoms with Gasteiger partial charge in [-0.3, -0.25) is 9.79 Å². The Hall–Kier alpha value is -2.77. The number of nitrogens with zero attached hydrogens (tertiary/aromatic N) is 1. The van der Waals surface area contributed by atoms with Gasteiger partial charge in [0.2, 0.25) is 0 Å². The molecule has 0 aromatic heterocycles. The first kappa shape index (κ1) is 18.0. The van der Waals surface area contributed by atoms with Crippen molar-refractivity contribution >= 4 is 35.0 Å². The highest BCUT2D eigenvalue weighted by atomic mass is 32.2. The molecule has 5 N–H and O–H groups in total. The molecule has 2 aromatic rings. The molecular formula is C19H19N3O3S. The fraction of sp³-hybridized carbons (Fsp3) is 0.158. The Kier molecular flexibility index (Phi) is 5.60. The van der Waals surface area contributed by atoms with Crippen molar-refractivity contribution in [1.29, 1.82) is 0 Å². The fourth-order valence-electron chi connectivity index (χ4n) is 2.45. The first-order chi connectivity index (χ1) is 12.5. The van der Waals surface area contributed by atoms with Gasteiger partial charge in [-0.2, -0.15) is 0 Å². The molecule has 1 aliphatic rings. The van der Waals surface area contributed by atoms with Gasteiger partial charge in [0.05, 0.1) is 17.8 Å². The second-order valence-corrected chi connectivity index (χ2v) is 6.84. The van der Waals surface area contributed by atoms with Crippen molar-refractivity contribution in [3.8, 4) is 11.5 Å². The summed E-state index contributed by atoms with van der Waals surface area (Å²) in [6.07, 6.45) is 2.32. The maximum atomic E-state index is 10.8. The van der Waals surface area contributed by atoms with E-state index >= 15 is 0 Å². The van der Waals surface area contributed by atoms with Crippen LogP contribution >= 0.6 is 11.8 Å². The van der Waals surface area contributed by atoms with E-state index in [-0.39, 0.29) is 6.42 Å². The maximum absolute atomic E-state index is 10.8. The number of carboxylic acid groups (broad SMARTS) is 1. The second-order valence-electron chi connectivity index (χ2n) is 5.87. The molecule has 0 spiro atoms. The minimum absolute atomic E-state index is 0.267. The van der Waals surface area contributed by atoms with Crippen LogP contribution in [-0.2, 0) is 11.2 Å². The predicted octanol–water partition coefficient (Wildman–Crippen LogP) is 3.13. The third-order valence-electron chi connectivity index (χ3n) is 3.81. The molecular weight excluding hydrogens is 350 g/mol. The van der Waals surface area contributed by atoms with Crippen LogP contribution in [0, 0.1) is 0 Å². The van der Waals surface area contributed by atoms with Crippen LogP contribution in [0.5, 0.6) is 11.5 Å². The fourth-order valence-corrected chi connectivity index (χ4v) is 3.08. The number of nitrogen functional groups attached to an aromatic ring is 1. The van der Waals surface area contributed by atoms with E-state index in [0.29, 0.717) is 23.7 Å². The Bertz CT molecular complexity index is 853. The first-order valence-electron chi connectivity index (χ1n) is 8.01. The summed E-state index contributed by atoms with van der Waals surface area (Å²) in [7, 11) is 0. The molecule has 3 rings (SSSR count). The van der Waals surface area contributed by atoms with E-state index in [1.807, 2.05) is 23.7 Å². The molecule has 6 nitrogen and oxygen atoms in total. The number of carbonyl (C=O) groups is 1. The van der Waals surface area contributed by atoms with Crippen LogP contribution in [0.3, 0.4) is 0 Å². The minimum atomic E-state index is -1.02. The average molecular weight is 369 g/mol. The van der Waals surface area contributed by atoms with E-state index in [4.69, 9.17) is 21.3 Å². The van der Waals surface area contributed by atoms with Gasteiger partial charge in [-0.25, -0.2) is 0 Å². The van der Waals surface area contributed by atoms with Crippen molar-refractivity contribution < 1.29 is 14.6 Å². The van der Waals surface area contributed by atoms with E-state index in [1.54, 1.807) is 36.0 Å². The van der Waals surface area contributed by atoms with Crippen LogP contribution in [-0.4, -0.2) is 29.2 Å². The summed E-state index contributed by atoms with van der Waals surface area (Å²) in [6, 6.07) is 11.9. The maximum Gasteiger partial charge on any atom is 0.320 e. The standard InChI is InChI=1S/C19H19N3O3S/c20-16-9-13(7-15-10-22-11-26-15)3-6-18(16)25-14-4-1-12(2-5-14)8-17(21)19(23)24/h1-7,9,11,17H,8,10,20-21H2,(H,23,24). The molecule has 0 aliphatic carbocycles. The number of aliphatic imine (C=N–C) groups is 1. The van der Waals surface area contributed by atoms with Crippen LogP contribution in [0.4, 0.5) is 5.69 Å². The number of anilines is 1. The van der Waals surface area contributed by atoms with Gasteiger partial charge in [0.15, 0.2) is 0 Å². The van der Waals surface area contributed by atoms with E-state index < -0.39 is 12.0 Å². The summed E-state index contributed by atoms with van der Waals surface area (Å²) in [5, 5.41) is 8.86. The zero-order valence-electron chi connectivity index (χ0n) is 14.0. The SMILES string of the molecule is Nc1cc(C=C2CN=CS2)ccc1Oc1ccc(CC(N)C(=O)O)cc1. The molecule has 1 heterocycles. The van der Waals surface area contributed by atoms with Crippen LogP contribution in [0.25, 0.3) is 6.08 Å². The minimum Gasteiger partial charge on any atom is -0.480 e. The van der Waals surface area contributed by atoms with Gasteiger partial charge in [-0.1, -0.05) is 30.0 Å². The Morgan fingerprint density at radius 3 is 2.69 bits per heavy atom. The number of thioether (sulfide) groups is 1. The van der Waals surface area contributed by atoms with E-state index in [2.05, 4.69) is 11.1 Å². The molecule has 1 atom stereocenters. The molecule has 0 fully saturated rings. The lowest BCUT2D eigenvalue weighted by molar-refractivity contribution is -0.138. The number of rotatable bonds is 6. The Morgan fingerprint density at radius 1 is 1.31 bits per heavy atom. The smallest absolute Gasteiger partial charge is 0.320 e. The van der Waals surface area contributed by atoms with Crippen molar-refractivity contribution in [2.75, 3.05) is 12.3 Å². The van der Waals surface area contributed by atoms with Gasteiger partial charge in [-0.15, -0.1) is 0 Å². The molecule has 0 saturated carbocycles. The molecule has 7 heteroatoms. The number of carboxylic acids is 1. The number of hydrogen-bond acceptors (Lipinski definition) is 6. The van der Waals surface area contributed by atoms with Gasteiger partial charge >= 0.3 is 5.97 Å². The number of aliphatic carboxylic acids is 1. The molecule has 1 aliphatic heterocycles. The average Bonchev–Trinajstić information content (AvgIpc) is 3.12. The van der Waals surface area contributed by atoms with Crippen molar-refractivity contribution in [1.82, 2.24) is 0 Å². The number of ether oxygens (including phenoxy) is 1. The molecule has 0 radical (unpaired) electrons. The summed E-state index contributed by atoms with van der Waals surface area (Å²) in [4.78, 5) is 16.1. The molecule has 1 unspecified atom stereocenters. The number of hydrogen-bond donors (Lipinski definition) is 3. The lowest BCUT2D eigenvalue weighted by atomic mass is 10.1. The summed E-state index contributed by atoms with van der Waals surface area (Å²) in [5.74, 6) is 0.170. The molecule has 134 valence electrons. The van der Waals surface area contributed by atoms with Gasteiger partial charge in [0, 0.05) is 4.91 Å². The van der Waals surface area contributed by atoms with Crippen molar-refractivity contribution in [2.45, 2.75) is 12.5 Å². The van der Waals surface area contributed by atoms with Crippen molar-refractivity contribution in [3.05, 3.63) is 58.5 Å². The summed E-state index contributed by atoms with van der Waals surface area (Å²) < 4.78 is 5.82. The molecule has 0 saturated heterocycles. The molecule has 26 heavy (non-hydrogen) atoms. The topological polar surface area (TPSA) is 111 Å². The highest BCUT2D eigenvalue weighted by molar-refractivity contribution is 8.15. The third-order valence-corrected chi connectivity index (χ3v) is 4.62. The predicted molar refractivity (Wildman–Crippen MR) is 106 cm³/mol. The van der Waals surface area contributed by atoms with Gasteiger partial charge in [0.1, 0.15) is 17.5 Å². The van der Waals surface area contributed by atoms with Crippen LogP contribution in [0.15, 0.2) is 52.4 Å². The summed E-state index contributed by atoms with van der Waals surface area (Å²) in [6.45, 7) is 0.709. The monoisotopic (exact) mass is 369 g/mol.